The number of hydrogen-bond acceptors (Lipinski definition) is 2. The van der Waals surface area contributed by atoms with Gasteiger partial charge in [-0.15, -0.1) is 0 Å². The maximum atomic E-state index is 4.88. The van der Waals surface area contributed by atoms with E-state index in [4.69, 9.17) is 4.98 Å². The smallest absolute Gasteiger partial charge is 0.140 e. The van der Waals surface area contributed by atoms with Crippen molar-refractivity contribution in [2.24, 2.45) is 14.1 Å². The number of fused-ring (bicyclic) bond motifs is 2. The van der Waals surface area contributed by atoms with Gasteiger partial charge in [0.15, 0.2) is 0 Å². The quantitative estimate of drug-likeness (QED) is 0.464. The van der Waals surface area contributed by atoms with Crippen molar-refractivity contribution >= 4 is 22.1 Å². The standard InChI is InChI=1S/C22H18N4/c1-25-14-23-18-12-16(8-10-20(18)25)17-9-11-21-19(13-17)24-22(26(21)2)15-6-4-3-5-7-15/h3-14H,1-2H3. The van der Waals surface area contributed by atoms with Gasteiger partial charge in [0.1, 0.15) is 5.82 Å². The molecule has 0 aliphatic rings. The summed E-state index contributed by atoms with van der Waals surface area (Å²) in [5, 5.41) is 0. The lowest BCUT2D eigenvalue weighted by atomic mass is 10.0. The molecule has 5 rings (SSSR count). The van der Waals surface area contributed by atoms with Crippen LogP contribution in [0.2, 0.25) is 0 Å². The van der Waals surface area contributed by atoms with Gasteiger partial charge in [-0.2, -0.15) is 0 Å². The molecule has 3 aromatic carbocycles. The number of aromatic nitrogens is 4. The van der Waals surface area contributed by atoms with E-state index in [1.807, 2.05) is 36.1 Å². The van der Waals surface area contributed by atoms with Crippen molar-refractivity contribution in [3.05, 3.63) is 73.1 Å². The molecule has 2 aromatic heterocycles. The number of hydrogen-bond donors (Lipinski definition) is 0. The summed E-state index contributed by atoms with van der Waals surface area (Å²) in [5.41, 5.74) is 7.72. The Kier molecular flexibility index (Phi) is 3.19. The van der Waals surface area contributed by atoms with Crippen LogP contribution in [0.1, 0.15) is 0 Å². The average molecular weight is 338 g/mol. The van der Waals surface area contributed by atoms with Crippen LogP contribution in [0.4, 0.5) is 0 Å². The summed E-state index contributed by atoms with van der Waals surface area (Å²) >= 11 is 0. The van der Waals surface area contributed by atoms with Crippen LogP contribution in [0.15, 0.2) is 73.1 Å². The Bertz CT molecular complexity index is 1250. The van der Waals surface area contributed by atoms with Crippen molar-refractivity contribution in [1.29, 1.82) is 0 Å². The minimum Gasteiger partial charge on any atom is -0.334 e. The Morgan fingerprint density at radius 1 is 0.692 bits per heavy atom. The SMILES string of the molecule is Cn1cnc2cc(-c3ccc4c(c3)nc(-c3ccccc3)n4C)ccc21. The van der Waals surface area contributed by atoms with E-state index in [9.17, 15) is 0 Å². The van der Waals surface area contributed by atoms with Crippen LogP contribution in [0.5, 0.6) is 0 Å². The van der Waals surface area contributed by atoms with Gasteiger partial charge in [-0.25, -0.2) is 9.97 Å². The lowest BCUT2D eigenvalue weighted by molar-refractivity contribution is 0.948. The highest BCUT2D eigenvalue weighted by Gasteiger charge is 2.11. The van der Waals surface area contributed by atoms with E-state index in [0.717, 1.165) is 44.6 Å². The number of rotatable bonds is 2. The molecule has 0 unspecified atom stereocenters. The maximum Gasteiger partial charge on any atom is 0.140 e. The Balaban J connectivity index is 1.65. The lowest BCUT2D eigenvalue weighted by Gasteiger charge is -2.04. The fraction of sp³-hybridized carbons (Fsp3) is 0.0909. The highest BCUT2D eigenvalue weighted by atomic mass is 15.1. The third-order valence-corrected chi connectivity index (χ3v) is 4.97. The van der Waals surface area contributed by atoms with Crippen LogP contribution in [0.3, 0.4) is 0 Å². The second kappa shape index (κ2) is 5.56. The predicted molar refractivity (Wildman–Crippen MR) is 106 cm³/mol. The van der Waals surface area contributed by atoms with E-state index < -0.39 is 0 Å². The molecule has 2 heterocycles. The molecule has 0 amide bonds. The van der Waals surface area contributed by atoms with Gasteiger partial charge in [0.2, 0.25) is 0 Å². The molecule has 4 nitrogen and oxygen atoms in total. The average Bonchev–Trinajstić information content (AvgIpc) is 3.22. The van der Waals surface area contributed by atoms with Crippen LogP contribution in [0, 0.1) is 0 Å². The van der Waals surface area contributed by atoms with Crippen LogP contribution in [0.25, 0.3) is 44.6 Å². The molecule has 26 heavy (non-hydrogen) atoms. The second-order valence-electron chi connectivity index (χ2n) is 6.62. The van der Waals surface area contributed by atoms with Gasteiger partial charge in [0.25, 0.3) is 0 Å². The van der Waals surface area contributed by atoms with Crippen molar-refractivity contribution in [2.75, 3.05) is 0 Å². The monoisotopic (exact) mass is 338 g/mol. The van der Waals surface area contributed by atoms with Gasteiger partial charge in [-0.05, 0) is 35.4 Å². The van der Waals surface area contributed by atoms with E-state index in [-0.39, 0.29) is 0 Å². The molecule has 0 saturated heterocycles. The molecular formula is C22H18N4. The molecule has 126 valence electrons. The fourth-order valence-corrected chi connectivity index (χ4v) is 3.54. The molecule has 0 saturated carbocycles. The Morgan fingerprint density at radius 2 is 1.38 bits per heavy atom. The summed E-state index contributed by atoms with van der Waals surface area (Å²) in [7, 11) is 4.08. The molecule has 0 N–H and O–H groups in total. The van der Waals surface area contributed by atoms with E-state index in [0.29, 0.717) is 0 Å². The Morgan fingerprint density at radius 3 is 2.15 bits per heavy atom. The summed E-state index contributed by atoms with van der Waals surface area (Å²) in [6.45, 7) is 0. The van der Waals surface area contributed by atoms with Crippen molar-refractivity contribution < 1.29 is 0 Å². The molecular weight excluding hydrogens is 320 g/mol. The molecule has 0 spiro atoms. The highest BCUT2D eigenvalue weighted by molar-refractivity contribution is 5.88. The first-order valence-corrected chi connectivity index (χ1v) is 8.64. The van der Waals surface area contributed by atoms with Crippen LogP contribution in [-0.2, 0) is 14.1 Å². The van der Waals surface area contributed by atoms with Crippen LogP contribution >= 0.6 is 0 Å². The first-order chi connectivity index (χ1) is 12.7. The summed E-state index contributed by atoms with van der Waals surface area (Å²) in [4.78, 5) is 9.35. The van der Waals surface area contributed by atoms with Gasteiger partial charge in [0, 0.05) is 19.7 Å². The number of benzene rings is 3. The molecule has 4 heteroatoms. The van der Waals surface area contributed by atoms with Gasteiger partial charge in [-0.1, -0.05) is 42.5 Å². The van der Waals surface area contributed by atoms with E-state index >= 15 is 0 Å². The van der Waals surface area contributed by atoms with Crippen LogP contribution < -0.4 is 0 Å². The summed E-state index contributed by atoms with van der Waals surface area (Å²) in [6.07, 6.45) is 1.85. The molecule has 0 radical (unpaired) electrons. The summed E-state index contributed by atoms with van der Waals surface area (Å²) in [6, 6.07) is 23.2. The Hall–Kier alpha value is -3.40. The highest BCUT2D eigenvalue weighted by Crippen LogP contribution is 2.29. The fourth-order valence-electron chi connectivity index (χ4n) is 3.54. The summed E-state index contributed by atoms with van der Waals surface area (Å²) < 4.78 is 4.18. The van der Waals surface area contributed by atoms with E-state index in [1.54, 1.807) is 0 Å². The molecule has 0 aliphatic heterocycles. The minimum absolute atomic E-state index is 0.984. The number of nitrogens with zero attached hydrogens (tertiary/aromatic N) is 4. The third kappa shape index (κ3) is 2.23. The van der Waals surface area contributed by atoms with Gasteiger partial charge < -0.3 is 9.13 Å². The zero-order chi connectivity index (χ0) is 17.7. The second-order valence-corrected chi connectivity index (χ2v) is 6.62. The van der Waals surface area contributed by atoms with E-state index in [1.165, 1.54) is 0 Å². The predicted octanol–water partition coefficient (Wildman–Crippen LogP) is 4.79. The van der Waals surface area contributed by atoms with Crippen molar-refractivity contribution in [2.45, 2.75) is 0 Å². The topological polar surface area (TPSA) is 35.6 Å². The molecule has 0 atom stereocenters. The zero-order valence-corrected chi connectivity index (χ0v) is 14.7. The first-order valence-electron chi connectivity index (χ1n) is 8.64. The van der Waals surface area contributed by atoms with Gasteiger partial charge in [-0.3, -0.25) is 0 Å². The maximum absolute atomic E-state index is 4.88. The molecule has 5 aromatic rings. The minimum atomic E-state index is 0.984. The van der Waals surface area contributed by atoms with Crippen molar-refractivity contribution in [3.63, 3.8) is 0 Å². The van der Waals surface area contributed by atoms with Crippen LogP contribution in [-0.4, -0.2) is 19.1 Å². The molecule has 0 aliphatic carbocycles. The normalized spacial score (nSPS) is 11.5. The largest absolute Gasteiger partial charge is 0.334 e. The van der Waals surface area contributed by atoms with E-state index in [2.05, 4.69) is 65.1 Å². The Labute approximate surface area is 151 Å². The van der Waals surface area contributed by atoms with Crippen molar-refractivity contribution in [1.82, 2.24) is 19.1 Å². The third-order valence-electron chi connectivity index (χ3n) is 4.97. The first kappa shape index (κ1) is 14.9. The molecule has 0 fully saturated rings. The molecule has 0 bridgehead atoms. The lowest BCUT2D eigenvalue weighted by Crippen LogP contribution is -1.91. The number of imidazole rings is 2. The van der Waals surface area contributed by atoms with Gasteiger partial charge in [0.05, 0.1) is 28.4 Å². The summed E-state index contributed by atoms with van der Waals surface area (Å²) in [5.74, 6) is 0.984. The van der Waals surface area contributed by atoms with Gasteiger partial charge >= 0.3 is 0 Å². The number of aryl methyl sites for hydroxylation is 2. The van der Waals surface area contributed by atoms with Crippen molar-refractivity contribution in [3.8, 4) is 22.5 Å². The zero-order valence-electron chi connectivity index (χ0n) is 14.7.